The Balaban J connectivity index is 2.34. The number of benzene rings is 2. The zero-order valence-electron chi connectivity index (χ0n) is 14.4. The molecule has 5 nitrogen and oxygen atoms in total. The first-order valence-electron chi connectivity index (χ1n) is 7.96. The van der Waals surface area contributed by atoms with Crippen LogP contribution in [0, 0.1) is 6.92 Å². The van der Waals surface area contributed by atoms with Gasteiger partial charge in [-0.1, -0.05) is 17.7 Å². The molecular weight excluding hydrogens is 360 g/mol. The molecule has 0 aliphatic carbocycles. The van der Waals surface area contributed by atoms with Crippen molar-refractivity contribution >= 4 is 33.2 Å². The van der Waals surface area contributed by atoms with Crippen LogP contribution in [0.4, 0.5) is 5.69 Å². The van der Waals surface area contributed by atoms with E-state index in [1.165, 1.54) is 12.1 Å². The maximum Gasteiger partial charge on any atom is 0.261 e. The number of rotatable bonds is 6. The van der Waals surface area contributed by atoms with Crippen molar-refractivity contribution in [3.63, 3.8) is 0 Å². The number of aryl methyl sites for hydroxylation is 1. The molecule has 0 atom stereocenters. The zero-order chi connectivity index (χ0) is 18.6. The van der Waals surface area contributed by atoms with E-state index in [9.17, 15) is 13.2 Å². The summed E-state index contributed by atoms with van der Waals surface area (Å²) in [5.74, 6) is -0.190. The molecule has 0 heterocycles. The van der Waals surface area contributed by atoms with Crippen molar-refractivity contribution in [2.45, 2.75) is 25.7 Å². The predicted octanol–water partition coefficient (Wildman–Crippen LogP) is 3.93. The van der Waals surface area contributed by atoms with E-state index in [-0.39, 0.29) is 10.8 Å². The first-order valence-corrected chi connectivity index (χ1v) is 9.83. The largest absolute Gasteiger partial charge is 0.339 e. The maximum atomic E-state index is 12.7. The molecule has 0 fully saturated rings. The Morgan fingerprint density at radius 3 is 2.40 bits per heavy atom. The van der Waals surface area contributed by atoms with Gasteiger partial charge in [0.05, 0.1) is 10.6 Å². The second kappa shape index (κ2) is 7.89. The van der Waals surface area contributed by atoms with Crippen molar-refractivity contribution in [1.29, 1.82) is 0 Å². The summed E-state index contributed by atoms with van der Waals surface area (Å²) in [5, 5.41) is 0.535. The summed E-state index contributed by atoms with van der Waals surface area (Å²) in [5.41, 5.74) is 1.51. The van der Waals surface area contributed by atoms with Gasteiger partial charge in [-0.05, 0) is 62.7 Å². The van der Waals surface area contributed by atoms with Gasteiger partial charge in [0.25, 0.3) is 15.9 Å². The molecule has 1 N–H and O–H groups in total. The zero-order valence-corrected chi connectivity index (χ0v) is 16.0. The first kappa shape index (κ1) is 19.3. The van der Waals surface area contributed by atoms with Crippen LogP contribution in [-0.4, -0.2) is 32.3 Å². The second-order valence-corrected chi connectivity index (χ2v) is 7.69. The number of hydrogen-bond acceptors (Lipinski definition) is 3. The van der Waals surface area contributed by atoms with Gasteiger partial charge in [0, 0.05) is 23.7 Å². The molecule has 2 aromatic rings. The van der Waals surface area contributed by atoms with E-state index in [0.717, 1.165) is 0 Å². The normalized spacial score (nSPS) is 11.2. The SMILES string of the molecule is CCN(CC)C(=O)c1cccc(S(=O)(=O)Nc2ccc(Cl)cc2C)c1. The van der Waals surface area contributed by atoms with Gasteiger partial charge in [-0.15, -0.1) is 0 Å². The molecule has 0 radical (unpaired) electrons. The third-order valence-electron chi connectivity index (χ3n) is 3.87. The molecule has 134 valence electrons. The topological polar surface area (TPSA) is 66.5 Å². The minimum absolute atomic E-state index is 0.0415. The van der Waals surface area contributed by atoms with E-state index in [4.69, 9.17) is 11.6 Å². The van der Waals surface area contributed by atoms with Crippen molar-refractivity contribution in [3.8, 4) is 0 Å². The van der Waals surface area contributed by atoms with Crippen LogP contribution in [-0.2, 0) is 10.0 Å². The minimum atomic E-state index is -3.81. The molecule has 0 spiro atoms. The average molecular weight is 381 g/mol. The quantitative estimate of drug-likeness (QED) is 0.825. The Labute approximate surface area is 153 Å². The lowest BCUT2D eigenvalue weighted by Crippen LogP contribution is -2.30. The smallest absolute Gasteiger partial charge is 0.261 e. The Bertz CT molecular complexity index is 878. The van der Waals surface area contributed by atoms with Crippen LogP contribution in [0.2, 0.25) is 5.02 Å². The summed E-state index contributed by atoms with van der Waals surface area (Å²) in [6, 6.07) is 11.0. The van der Waals surface area contributed by atoms with Crippen molar-refractivity contribution in [2.75, 3.05) is 17.8 Å². The fraction of sp³-hybridized carbons (Fsp3) is 0.278. The number of halogens is 1. The third-order valence-corrected chi connectivity index (χ3v) is 5.47. The van der Waals surface area contributed by atoms with E-state index >= 15 is 0 Å². The van der Waals surface area contributed by atoms with Crippen molar-refractivity contribution in [2.24, 2.45) is 0 Å². The first-order chi connectivity index (χ1) is 11.8. The molecule has 2 rings (SSSR count). The van der Waals surface area contributed by atoms with E-state index in [2.05, 4.69) is 4.72 Å². The van der Waals surface area contributed by atoms with Crippen LogP contribution in [0.15, 0.2) is 47.4 Å². The monoisotopic (exact) mass is 380 g/mol. The van der Waals surface area contributed by atoms with Gasteiger partial charge in [0.15, 0.2) is 0 Å². The number of carbonyl (C=O) groups is 1. The minimum Gasteiger partial charge on any atom is -0.339 e. The Hall–Kier alpha value is -2.05. The molecule has 7 heteroatoms. The van der Waals surface area contributed by atoms with E-state index in [0.29, 0.717) is 34.9 Å². The third kappa shape index (κ3) is 4.52. The summed E-state index contributed by atoms with van der Waals surface area (Å²) in [6.45, 7) is 6.66. The highest BCUT2D eigenvalue weighted by atomic mass is 35.5. The number of nitrogens with one attached hydrogen (secondary N) is 1. The molecule has 0 aliphatic rings. The highest BCUT2D eigenvalue weighted by Gasteiger charge is 2.19. The van der Waals surface area contributed by atoms with Crippen LogP contribution in [0.5, 0.6) is 0 Å². The van der Waals surface area contributed by atoms with E-state index in [1.54, 1.807) is 42.2 Å². The molecule has 25 heavy (non-hydrogen) atoms. The Morgan fingerprint density at radius 2 is 1.80 bits per heavy atom. The van der Waals surface area contributed by atoms with Crippen molar-refractivity contribution in [3.05, 3.63) is 58.6 Å². The van der Waals surface area contributed by atoms with Crippen LogP contribution < -0.4 is 4.72 Å². The summed E-state index contributed by atoms with van der Waals surface area (Å²) in [6.07, 6.45) is 0. The molecule has 2 aromatic carbocycles. The highest BCUT2D eigenvalue weighted by molar-refractivity contribution is 7.92. The van der Waals surface area contributed by atoms with Crippen molar-refractivity contribution < 1.29 is 13.2 Å². The lowest BCUT2D eigenvalue weighted by Gasteiger charge is -2.19. The van der Waals surface area contributed by atoms with E-state index in [1.807, 2.05) is 13.8 Å². The summed E-state index contributed by atoms with van der Waals surface area (Å²) >= 11 is 5.90. The second-order valence-electron chi connectivity index (χ2n) is 5.57. The highest BCUT2D eigenvalue weighted by Crippen LogP contribution is 2.23. The summed E-state index contributed by atoms with van der Waals surface area (Å²) in [7, 11) is -3.81. The molecule has 0 unspecified atom stereocenters. The van der Waals surface area contributed by atoms with E-state index < -0.39 is 10.0 Å². The summed E-state index contributed by atoms with van der Waals surface area (Å²) in [4.78, 5) is 14.1. The molecule has 0 aromatic heterocycles. The maximum absolute atomic E-state index is 12.7. The molecule has 1 amide bonds. The standard InChI is InChI=1S/C18H21ClN2O3S/c1-4-21(5-2)18(22)14-7-6-8-16(12-14)25(23,24)20-17-10-9-15(19)11-13(17)3/h6-12,20H,4-5H2,1-3H3. The van der Waals surface area contributed by atoms with Crippen LogP contribution in [0.3, 0.4) is 0 Å². The van der Waals surface area contributed by atoms with Gasteiger partial charge in [-0.25, -0.2) is 8.42 Å². The lowest BCUT2D eigenvalue weighted by molar-refractivity contribution is 0.0772. The van der Waals surface area contributed by atoms with Crippen LogP contribution in [0.25, 0.3) is 0 Å². The van der Waals surface area contributed by atoms with Gasteiger partial charge in [0.1, 0.15) is 0 Å². The molecule has 0 saturated carbocycles. The lowest BCUT2D eigenvalue weighted by atomic mass is 10.2. The summed E-state index contributed by atoms with van der Waals surface area (Å²) < 4.78 is 27.8. The van der Waals surface area contributed by atoms with Gasteiger partial charge in [0.2, 0.25) is 0 Å². The Kier molecular flexibility index (Phi) is 6.08. The number of nitrogens with zero attached hydrogens (tertiary/aromatic N) is 1. The van der Waals surface area contributed by atoms with Gasteiger partial charge < -0.3 is 4.90 Å². The van der Waals surface area contributed by atoms with Gasteiger partial charge in [-0.2, -0.15) is 0 Å². The predicted molar refractivity (Wildman–Crippen MR) is 101 cm³/mol. The number of sulfonamides is 1. The van der Waals surface area contributed by atoms with Crippen LogP contribution in [0.1, 0.15) is 29.8 Å². The fourth-order valence-electron chi connectivity index (χ4n) is 2.43. The number of anilines is 1. The number of hydrogen-bond donors (Lipinski definition) is 1. The average Bonchev–Trinajstić information content (AvgIpc) is 2.58. The molecule has 0 aliphatic heterocycles. The molecule has 0 bridgehead atoms. The van der Waals surface area contributed by atoms with Crippen molar-refractivity contribution in [1.82, 2.24) is 4.90 Å². The fourth-order valence-corrected chi connectivity index (χ4v) is 3.84. The molecular formula is C18H21ClN2O3S. The number of amides is 1. The molecule has 0 saturated heterocycles. The van der Waals surface area contributed by atoms with Gasteiger partial charge >= 0.3 is 0 Å². The number of carbonyl (C=O) groups excluding carboxylic acids is 1. The Morgan fingerprint density at radius 1 is 1.12 bits per heavy atom. The van der Waals surface area contributed by atoms with Gasteiger partial charge in [-0.3, -0.25) is 9.52 Å². The van der Waals surface area contributed by atoms with Crippen LogP contribution >= 0.6 is 11.6 Å².